The van der Waals surface area contributed by atoms with E-state index in [0.29, 0.717) is 19.1 Å². The van der Waals surface area contributed by atoms with Crippen LogP contribution in [-0.2, 0) is 6.54 Å². The molecule has 2 N–H and O–H groups in total. The maximum atomic E-state index is 12.0. The number of carboxylic acids is 1. The number of carbonyl (C=O) groups is 2. The van der Waals surface area contributed by atoms with E-state index in [2.05, 4.69) is 29.1 Å². The minimum absolute atomic E-state index is 0.0622. The van der Waals surface area contributed by atoms with E-state index in [4.69, 9.17) is 9.84 Å². The van der Waals surface area contributed by atoms with Gasteiger partial charge in [-0.1, -0.05) is 26.0 Å². The van der Waals surface area contributed by atoms with Gasteiger partial charge in [0.05, 0.1) is 19.0 Å². The third-order valence-electron chi connectivity index (χ3n) is 3.04. The van der Waals surface area contributed by atoms with E-state index in [9.17, 15) is 9.59 Å². The van der Waals surface area contributed by atoms with Crippen LogP contribution in [0.2, 0.25) is 0 Å². The van der Waals surface area contributed by atoms with Crippen molar-refractivity contribution >= 4 is 11.9 Å². The van der Waals surface area contributed by atoms with Crippen LogP contribution in [0.15, 0.2) is 36.7 Å². The molecular weight excluding hydrogens is 310 g/mol. The summed E-state index contributed by atoms with van der Waals surface area (Å²) in [5.41, 5.74) is 0.744. The predicted molar refractivity (Wildman–Crippen MR) is 86.9 cm³/mol. The predicted octanol–water partition coefficient (Wildman–Crippen LogP) is 2.14. The van der Waals surface area contributed by atoms with Gasteiger partial charge >= 0.3 is 5.97 Å². The third kappa shape index (κ3) is 5.05. The summed E-state index contributed by atoms with van der Waals surface area (Å²) >= 11 is 0. The molecule has 0 aliphatic rings. The molecule has 0 radical (unpaired) electrons. The molecule has 0 saturated heterocycles. The molecule has 0 aliphatic carbocycles. The van der Waals surface area contributed by atoms with Crippen LogP contribution in [0.5, 0.6) is 5.75 Å². The fourth-order valence-corrected chi connectivity index (χ4v) is 1.84. The summed E-state index contributed by atoms with van der Waals surface area (Å²) in [5.74, 6) is -0.428. The quantitative estimate of drug-likeness (QED) is 0.807. The number of nitrogens with zero attached hydrogens (tertiary/aromatic N) is 2. The van der Waals surface area contributed by atoms with Gasteiger partial charge in [0.25, 0.3) is 5.91 Å². The van der Waals surface area contributed by atoms with Crippen LogP contribution in [-0.4, -0.2) is 33.6 Å². The van der Waals surface area contributed by atoms with E-state index >= 15 is 0 Å². The van der Waals surface area contributed by atoms with Crippen molar-refractivity contribution in [2.45, 2.75) is 20.4 Å². The van der Waals surface area contributed by atoms with Gasteiger partial charge in [0, 0.05) is 6.54 Å². The summed E-state index contributed by atoms with van der Waals surface area (Å²) in [6, 6.07) is 7.46. The molecule has 1 amide bonds. The lowest BCUT2D eigenvalue weighted by Crippen LogP contribution is -2.24. The lowest BCUT2D eigenvalue weighted by atomic mass is 10.2. The summed E-state index contributed by atoms with van der Waals surface area (Å²) in [6.07, 6.45) is 2.19. The molecule has 2 aromatic rings. The Bertz CT molecular complexity index is 714. The third-order valence-corrected chi connectivity index (χ3v) is 3.04. The highest BCUT2D eigenvalue weighted by Gasteiger charge is 2.10. The van der Waals surface area contributed by atoms with Gasteiger partial charge in [0.15, 0.2) is 5.69 Å². The summed E-state index contributed by atoms with van der Waals surface area (Å²) < 4.78 is 5.64. The zero-order valence-electron chi connectivity index (χ0n) is 13.5. The SMILES string of the molecule is CC(C)COc1cccc(CNC(=O)c2cnc(C(=O)O)cn2)c1. The van der Waals surface area contributed by atoms with Crippen LogP contribution in [0.4, 0.5) is 0 Å². The van der Waals surface area contributed by atoms with Crippen molar-refractivity contribution in [1.29, 1.82) is 0 Å². The van der Waals surface area contributed by atoms with Crippen LogP contribution in [0, 0.1) is 5.92 Å². The van der Waals surface area contributed by atoms with Crippen LogP contribution in [0.3, 0.4) is 0 Å². The Hall–Kier alpha value is -2.96. The number of benzene rings is 1. The van der Waals surface area contributed by atoms with Crippen molar-refractivity contribution in [3.63, 3.8) is 0 Å². The highest BCUT2D eigenvalue weighted by atomic mass is 16.5. The number of carbonyl (C=O) groups excluding carboxylic acids is 1. The number of aromatic carboxylic acids is 1. The molecule has 126 valence electrons. The van der Waals surface area contributed by atoms with Gasteiger partial charge in [-0.25, -0.2) is 14.8 Å². The van der Waals surface area contributed by atoms with Gasteiger partial charge in [0.1, 0.15) is 11.4 Å². The first kappa shape index (κ1) is 17.4. The largest absolute Gasteiger partial charge is 0.493 e. The molecule has 1 heterocycles. The molecule has 1 aromatic heterocycles. The van der Waals surface area contributed by atoms with Gasteiger partial charge in [-0.05, 0) is 23.6 Å². The van der Waals surface area contributed by atoms with Crippen molar-refractivity contribution in [2.75, 3.05) is 6.61 Å². The van der Waals surface area contributed by atoms with Crippen LogP contribution < -0.4 is 10.1 Å². The molecule has 0 bridgehead atoms. The Morgan fingerprint density at radius 2 is 1.92 bits per heavy atom. The fourth-order valence-electron chi connectivity index (χ4n) is 1.84. The monoisotopic (exact) mass is 329 g/mol. The second-order valence-corrected chi connectivity index (χ2v) is 5.63. The smallest absolute Gasteiger partial charge is 0.356 e. The highest BCUT2D eigenvalue weighted by Crippen LogP contribution is 2.14. The van der Waals surface area contributed by atoms with E-state index in [0.717, 1.165) is 23.7 Å². The molecule has 0 spiro atoms. The number of rotatable bonds is 7. The molecule has 0 saturated carbocycles. The molecule has 24 heavy (non-hydrogen) atoms. The summed E-state index contributed by atoms with van der Waals surface area (Å²) in [7, 11) is 0. The van der Waals surface area contributed by atoms with E-state index in [-0.39, 0.29) is 11.4 Å². The summed E-state index contributed by atoms with van der Waals surface area (Å²) in [4.78, 5) is 30.2. The molecule has 7 heteroatoms. The van der Waals surface area contributed by atoms with Gasteiger partial charge in [0.2, 0.25) is 0 Å². The Kier molecular flexibility index (Phi) is 5.83. The number of aromatic nitrogens is 2. The zero-order chi connectivity index (χ0) is 17.5. The molecule has 7 nitrogen and oxygen atoms in total. The first-order valence-electron chi connectivity index (χ1n) is 7.51. The summed E-state index contributed by atoms with van der Waals surface area (Å²) in [5, 5.41) is 11.5. The van der Waals surface area contributed by atoms with Crippen molar-refractivity contribution in [3.05, 3.63) is 53.6 Å². The van der Waals surface area contributed by atoms with Crippen LogP contribution in [0.1, 0.15) is 40.4 Å². The van der Waals surface area contributed by atoms with Crippen molar-refractivity contribution in [2.24, 2.45) is 5.92 Å². The Labute approximate surface area is 139 Å². The second kappa shape index (κ2) is 8.05. The van der Waals surface area contributed by atoms with Crippen LogP contribution >= 0.6 is 0 Å². The van der Waals surface area contributed by atoms with E-state index < -0.39 is 11.9 Å². The molecule has 1 aromatic carbocycles. The average molecular weight is 329 g/mol. The number of hydrogen-bond donors (Lipinski definition) is 2. The standard InChI is InChI=1S/C17H19N3O4/c1-11(2)10-24-13-5-3-4-12(6-13)7-20-16(21)14-8-19-15(9-18-14)17(22)23/h3-6,8-9,11H,7,10H2,1-2H3,(H,20,21)(H,22,23). The van der Waals surface area contributed by atoms with Gasteiger partial charge < -0.3 is 15.2 Å². The Morgan fingerprint density at radius 1 is 1.21 bits per heavy atom. The van der Waals surface area contributed by atoms with Gasteiger partial charge in [-0.3, -0.25) is 4.79 Å². The second-order valence-electron chi connectivity index (χ2n) is 5.63. The van der Waals surface area contributed by atoms with Crippen molar-refractivity contribution in [1.82, 2.24) is 15.3 Å². The first-order valence-corrected chi connectivity index (χ1v) is 7.51. The van der Waals surface area contributed by atoms with E-state index in [1.54, 1.807) is 0 Å². The number of nitrogens with one attached hydrogen (secondary N) is 1. The maximum Gasteiger partial charge on any atom is 0.356 e. The molecular formula is C17H19N3O4. The number of hydrogen-bond acceptors (Lipinski definition) is 5. The lowest BCUT2D eigenvalue weighted by molar-refractivity contribution is 0.0689. The lowest BCUT2D eigenvalue weighted by Gasteiger charge is -2.10. The fraction of sp³-hybridized carbons (Fsp3) is 0.294. The van der Waals surface area contributed by atoms with Crippen molar-refractivity contribution < 1.29 is 19.4 Å². The highest BCUT2D eigenvalue weighted by molar-refractivity contribution is 5.92. The first-order chi connectivity index (χ1) is 11.5. The molecule has 2 rings (SSSR count). The number of amides is 1. The topological polar surface area (TPSA) is 101 Å². The molecule has 0 atom stereocenters. The Balaban J connectivity index is 1.93. The zero-order valence-corrected chi connectivity index (χ0v) is 13.5. The molecule has 0 fully saturated rings. The molecule has 0 aliphatic heterocycles. The normalized spacial score (nSPS) is 10.5. The Morgan fingerprint density at radius 3 is 2.54 bits per heavy atom. The molecule has 0 unspecified atom stereocenters. The van der Waals surface area contributed by atoms with Gasteiger partial charge in [-0.15, -0.1) is 0 Å². The van der Waals surface area contributed by atoms with Crippen molar-refractivity contribution in [3.8, 4) is 5.75 Å². The maximum absolute atomic E-state index is 12.0. The number of carboxylic acid groups (broad SMARTS) is 1. The average Bonchev–Trinajstić information content (AvgIpc) is 2.58. The number of ether oxygens (including phenoxy) is 1. The van der Waals surface area contributed by atoms with Gasteiger partial charge in [-0.2, -0.15) is 0 Å². The minimum atomic E-state index is -1.19. The van der Waals surface area contributed by atoms with E-state index in [1.807, 2.05) is 24.3 Å². The minimum Gasteiger partial charge on any atom is -0.493 e. The van der Waals surface area contributed by atoms with Crippen LogP contribution in [0.25, 0.3) is 0 Å². The summed E-state index contributed by atoms with van der Waals surface area (Å²) in [6.45, 7) is 5.07. The van der Waals surface area contributed by atoms with E-state index in [1.165, 1.54) is 0 Å².